The minimum Gasteiger partial charge on any atom is -0.392 e. The third kappa shape index (κ3) is 13.0. The Morgan fingerprint density at radius 3 is 1.47 bits per heavy atom. The highest BCUT2D eigenvalue weighted by atomic mass is 32.2. The number of Topliss-reactive ketones (excluding diaryl/α,β-unsaturated/α-hetero) is 1. The van der Waals surface area contributed by atoms with Crippen LogP contribution in [0.15, 0.2) is 0 Å². The molecule has 0 bridgehead atoms. The molecule has 0 aromatic heterocycles. The minimum absolute atomic E-state index is 0.208. The summed E-state index contributed by atoms with van der Waals surface area (Å²) in [6.45, 7) is 0. The summed E-state index contributed by atoms with van der Waals surface area (Å²) < 4.78 is 0. The van der Waals surface area contributed by atoms with E-state index in [2.05, 4.69) is 0 Å². The molecule has 2 aliphatic rings. The molecule has 176 valence electrons. The van der Waals surface area contributed by atoms with Crippen molar-refractivity contribution in [3.63, 3.8) is 0 Å². The fourth-order valence-electron chi connectivity index (χ4n) is 4.65. The average Bonchev–Trinajstić information content (AvgIpc) is 2.78. The second-order valence-corrected chi connectivity index (χ2v) is 12.2. The van der Waals surface area contributed by atoms with E-state index in [0.29, 0.717) is 18.6 Å². The molecule has 0 amide bonds. The van der Waals surface area contributed by atoms with Crippen LogP contribution in [0.1, 0.15) is 116 Å². The van der Waals surface area contributed by atoms with E-state index in [1.807, 2.05) is 23.5 Å². The van der Waals surface area contributed by atoms with Gasteiger partial charge in [-0.15, -0.1) is 0 Å². The number of carbonyl (C=O) groups excluding carboxylic acids is 1. The van der Waals surface area contributed by atoms with Crippen LogP contribution in [0.3, 0.4) is 0 Å². The van der Waals surface area contributed by atoms with E-state index >= 15 is 0 Å². The highest BCUT2D eigenvalue weighted by Crippen LogP contribution is 2.30. The van der Waals surface area contributed by atoms with Gasteiger partial charge in [-0.2, -0.15) is 23.5 Å². The first-order chi connectivity index (χ1) is 14.6. The fourth-order valence-corrected chi connectivity index (χ4v) is 7.31. The number of hydrogen-bond donors (Lipinski definition) is 2. The Kier molecular flexibility index (Phi) is 14.9. The molecule has 2 unspecified atom stereocenters. The van der Waals surface area contributed by atoms with Gasteiger partial charge in [0.25, 0.3) is 0 Å². The van der Waals surface area contributed by atoms with Gasteiger partial charge < -0.3 is 10.2 Å². The Hall–Kier alpha value is 0.290. The number of carbonyl (C=O) groups is 1. The van der Waals surface area contributed by atoms with E-state index < -0.39 is 0 Å². The normalized spacial score (nSPS) is 20.9. The van der Waals surface area contributed by atoms with E-state index in [0.717, 1.165) is 60.5 Å². The Morgan fingerprint density at radius 1 is 0.667 bits per heavy atom. The summed E-state index contributed by atoms with van der Waals surface area (Å²) in [5, 5.41) is 21.9. The molecule has 2 rings (SSSR count). The van der Waals surface area contributed by atoms with Gasteiger partial charge in [-0.1, -0.05) is 51.4 Å². The maximum absolute atomic E-state index is 12.1. The van der Waals surface area contributed by atoms with Gasteiger partial charge in [0.15, 0.2) is 0 Å². The number of rotatable bonds is 16. The summed E-state index contributed by atoms with van der Waals surface area (Å²) in [5.74, 6) is 2.08. The largest absolute Gasteiger partial charge is 0.392 e. The number of thioether (sulfide) groups is 2. The summed E-state index contributed by atoms with van der Waals surface area (Å²) in [5.41, 5.74) is 0. The molecule has 0 heterocycles. The van der Waals surface area contributed by atoms with Crippen molar-refractivity contribution >= 4 is 29.3 Å². The first kappa shape index (κ1) is 26.5. The highest BCUT2D eigenvalue weighted by Gasteiger charge is 2.17. The summed E-state index contributed by atoms with van der Waals surface area (Å²) in [7, 11) is 0. The first-order valence-corrected chi connectivity index (χ1v) is 14.8. The standard InChI is InChI=1S/C25H46O3S2/c26-21(11-7-9-13-22(27)19-29-24-15-3-1-4-16-24)12-8-10-14-23(28)20-30-25-17-5-2-6-18-25/h22-25,27-28H,1-20H2. The zero-order valence-corrected chi connectivity index (χ0v) is 20.7. The second kappa shape index (κ2) is 16.9. The summed E-state index contributed by atoms with van der Waals surface area (Å²) in [4.78, 5) is 12.1. The van der Waals surface area contributed by atoms with Crippen LogP contribution in [0.4, 0.5) is 0 Å². The molecule has 5 heteroatoms. The summed E-state index contributed by atoms with van der Waals surface area (Å²) >= 11 is 3.92. The number of aliphatic hydroxyl groups is 2. The topological polar surface area (TPSA) is 57.5 Å². The Balaban J connectivity index is 1.37. The van der Waals surface area contributed by atoms with Crippen LogP contribution in [0.2, 0.25) is 0 Å². The van der Waals surface area contributed by atoms with Gasteiger partial charge in [0.05, 0.1) is 12.2 Å². The van der Waals surface area contributed by atoms with Crippen LogP contribution in [-0.2, 0) is 4.79 Å². The van der Waals surface area contributed by atoms with Crippen molar-refractivity contribution in [2.45, 2.75) is 138 Å². The van der Waals surface area contributed by atoms with Gasteiger partial charge in [0.1, 0.15) is 5.78 Å². The maximum Gasteiger partial charge on any atom is 0.132 e. The number of ketones is 1. The first-order valence-electron chi connectivity index (χ1n) is 12.7. The SMILES string of the molecule is O=C(CCCCC(O)CSC1CCCCC1)CCCCC(O)CSC1CCCCC1. The van der Waals surface area contributed by atoms with Crippen LogP contribution in [0.5, 0.6) is 0 Å². The van der Waals surface area contributed by atoms with E-state index in [1.165, 1.54) is 64.2 Å². The number of aliphatic hydroxyl groups excluding tert-OH is 2. The number of unbranched alkanes of at least 4 members (excludes halogenated alkanes) is 2. The van der Waals surface area contributed by atoms with Crippen molar-refractivity contribution in [2.24, 2.45) is 0 Å². The molecule has 2 atom stereocenters. The zero-order chi connectivity index (χ0) is 21.4. The molecule has 0 aliphatic heterocycles. The molecule has 3 nitrogen and oxygen atoms in total. The van der Waals surface area contributed by atoms with Gasteiger partial charge in [0.2, 0.25) is 0 Å². The van der Waals surface area contributed by atoms with Crippen molar-refractivity contribution in [3.05, 3.63) is 0 Å². The Bertz CT molecular complexity index is 396. The molecule has 0 aromatic carbocycles. The molecule has 2 saturated carbocycles. The van der Waals surface area contributed by atoms with Gasteiger partial charge in [-0.05, 0) is 51.4 Å². The van der Waals surface area contributed by atoms with Crippen LogP contribution in [0.25, 0.3) is 0 Å². The van der Waals surface area contributed by atoms with Crippen molar-refractivity contribution < 1.29 is 15.0 Å². The maximum atomic E-state index is 12.1. The van der Waals surface area contributed by atoms with E-state index in [-0.39, 0.29) is 12.2 Å². The smallest absolute Gasteiger partial charge is 0.132 e. The predicted molar refractivity (Wildman–Crippen MR) is 133 cm³/mol. The molecule has 30 heavy (non-hydrogen) atoms. The zero-order valence-electron chi connectivity index (χ0n) is 19.1. The van der Waals surface area contributed by atoms with Crippen molar-refractivity contribution in [2.75, 3.05) is 11.5 Å². The molecule has 0 spiro atoms. The Labute approximate surface area is 193 Å². The van der Waals surface area contributed by atoms with Crippen molar-refractivity contribution in [1.82, 2.24) is 0 Å². The average molecular weight is 459 g/mol. The lowest BCUT2D eigenvalue weighted by atomic mass is 10.0. The van der Waals surface area contributed by atoms with Crippen LogP contribution >= 0.6 is 23.5 Å². The Morgan fingerprint density at radius 2 is 1.07 bits per heavy atom. The molecule has 0 saturated heterocycles. The molecular weight excluding hydrogens is 412 g/mol. The monoisotopic (exact) mass is 458 g/mol. The molecule has 0 radical (unpaired) electrons. The highest BCUT2D eigenvalue weighted by molar-refractivity contribution is 8.00. The third-order valence-corrected chi connectivity index (χ3v) is 9.68. The lowest BCUT2D eigenvalue weighted by molar-refractivity contribution is -0.119. The summed E-state index contributed by atoms with van der Waals surface area (Å²) in [6, 6.07) is 0. The quantitative estimate of drug-likeness (QED) is 0.257. The van der Waals surface area contributed by atoms with Gasteiger partial charge in [-0.3, -0.25) is 4.79 Å². The third-order valence-electron chi connectivity index (χ3n) is 6.64. The van der Waals surface area contributed by atoms with Crippen molar-refractivity contribution in [1.29, 1.82) is 0 Å². The number of hydrogen-bond acceptors (Lipinski definition) is 5. The molecule has 0 aromatic rings. The molecule has 2 N–H and O–H groups in total. The molecule has 2 fully saturated rings. The summed E-state index contributed by atoms with van der Waals surface area (Å²) in [6.07, 6.45) is 19.8. The fraction of sp³-hybridized carbons (Fsp3) is 0.960. The predicted octanol–water partition coefficient (Wildman–Crippen LogP) is 6.53. The van der Waals surface area contributed by atoms with E-state index in [4.69, 9.17) is 0 Å². The lowest BCUT2D eigenvalue weighted by Gasteiger charge is -2.22. The van der Waals surface area contributed by atoms with Crippen molar-refractivity contribution in [3.8, 4) is 0 Å². The van der Waals surface area contributed by atoms with Crippen LogP contribution in [0, 0.1) is 0 Å². The molecular formula is C25H46O3S2. The second-order valence-electron chi connectivity index (χ2n) is 9.52. The van der Waals surface area contributed by atoms with Gasteiger partial charge in [0, 0.05) is 34.8 Å². The lowest BCUT2D eigenvalue weighted by Crippen LogP contribution is -2.16. The van der Waals surface area contributed by atoms with Crippen LogP contribution < -0.4 is 0 Å². The molecule has 2 aliphatic carbocycles. The van der Waals surface area contributed by atoms with Gasteiger partial charge in [-0.25, -0.2) is 0 Å². The van der Waals surface area contributed by atoms with E-state index in [9.17, 15) is 15.0 Å². The van der Waals surface area contributed by atoms with Gasteiger partial charge >= 0.3 is 0 Å². The minimum atomic E-state index is -0.208. The van der Waals surface area contributed by atoms with Crippen LogP contribution in [-0.4, -0.2) is 50.2 Å². The van der Waals surface area contributed by atoms with E-state index in [1.54, 1.807) is 0 Å².